The zero-order valence-electron chi connectivity index (χ0n) is 16.1. The Morgan fingerprint density at radius 3 is 2.80 bits per heavy atom. The van der Waals surface area contributed by atoms with Crippen molar-refractivity contribution in [2.45, 2.75) is 25.4 Å². The molecule has 10 heteroatoms. The Labute approximate surface area is 171 Å². The van der Waals surface area contributed by atoms with Crippen molar-refractivity contribution >= 4 is 23.7 Å². The Hall–Kier alpha value is -3.82. The molecular formula is C20H20N4O6. The van der Waals surface area contributed by atoms with Crippen molar-refractivity contribution in [1.29, 1.82) is 0 Å². The lowest BCUT2D eigenvalue weighted by Crippen LogP contribution is -2.68. The molecule has 0 aliphatic carbocycles. The number of pyridine rings is 1. The molecule has 0 spiro atoms. The van der Waals surface area contributed by atoms with Gasteiger partial charge in [0.15, 0.2) is 17.5 Å². The van der Waals surface area contributed by atoms with E-state index in [1.807, 2.05) is 0 Å². The molecule has 3 amide bonds. The number of amides is 3. The van der Waals surface area contributed by atoms with E-state index < -0.39 is 35.9 Å². The smallest absolute Gasteiger partial charge is 0.327 e. The third-order valence-corrected chi connectivity index (χ3v) is 5.18. The predicted molar refractivity (Wildman–Crippen MR) is 104 cm³/mol. The van der Waals surface area contributed by atoms with Gasteiger partial charge in [0.25, 0.3) is 0 Å². The van der Waals surface area contributed by atoms with E-state index in [0.717, 1.165) is 10.5 Å². The fourth-order valence-corrected chi connectivity index (χ4v) is 3.61. The fraction of sp³-hybridized carbons (Fsp3) is 0.300. The Morgan fingerprint density at radius 1 is 1.30 bits per heavy atom. The van der Waals surface area contributed by atoms with Gasteiger partial charge in [0.2, 0.25) is 12.7 Å². The molecule has 3 heterocycles. The quantitative estimate of drug-likeness (QED) is 0.624. The van der Waals surface area contributed by atoms with E-state index in [4.69, 9.17) is 15.2 Å². The van der Waals surface area contributed by atoms with Crippen LogP contribution in [0.15, 0.2) is 36.4 Å². The highest BCUT2D eigenvalue weighted by molar-refractivity contribution is 6.07. The van der Waals surface area contributed by atoms with Gasteiger partial charge in [-0.1, -0.05) is 12.1 Å². The summed E-state index contributed by atoms with van der Waals surface area (Å²) in [7, 11) is 0. The number of aromatic nitrogens is 1. The zero-order chi connectivity index (χ0) is 21.4. The second kappa shape index (κ2) is 7.54. The molecule has 10 nitrogen and oxygen atoms in total. The van der Waals surface area contributed by atoms with Gasteiger partial charge in [-0.2, -0.15) is 0 Å². The second-order valence-electron chi connectivity index (χ2n) is 7.14. The molecule has 1 saturated heterocycles. The molecule has 2 aliphatic rings. The summed E-state index contributed by atoms with van der Waals surface area (Å²) in [6.07, 6.45) is 0.0856. The lowest BCUT2D eigenvalue weighted by Gasteiger charge is -2.43. The van der Waals surface area contributed by atoms with E-state index in [9.17, 15) is 19.5 Å². The van der Waals surface area contributed by atoms with Gasteiger partial charge in [0.1, 0.15) is 5.82 Å². The Morgan fingerprint density at radius 2 is 2.07 bits per heavy atom. The van der Waals surface area contributed by atoms with E-state index in [1.54, 1.807) is 43.3 Å². The van der Waals surface area contributed by atoms with Crippen LogP contribution in [0, 0.1) is 5.92 Å². The molecule has 156 valence electrons. The number of carbonyl (C=O) groups is 3. The van der Waals surface area contributed by atoms with E-state index in [0.29, 0.717) is 17.2 Å². The van der Waals surface area contributed by atoms with Crippen molar-refractivity contribution in [2.24, 2.45) is 5.92 Å². The molecule has 0 unspecified atom stereocenters. The largest absolute Gasteiger partial charge is 0.480 e. The number of carbonyl (C=O) groups excluding carboxylic acids is 2. The van der Waals surface area contributed by atoms with Gasteiger partial charge in [-0.05, 0) is 36.8 Å². The zero-order valence-corrected chi connectivity index (χ0v) is 16.1. The van der Waals surface area contributed by atoms with Gasteiger partial charge in [-0.3, -0.25) is 4.79 Å². The summed E-state index contributed by atoms with van der Waals surface area (Å²) in [5.41, 5.74) is 6.86. The maximum absolute atomic E-state index is 12.7. The van der Waals surface area contributed by atoms with E-state index in [2.05, 4.69) is 10.3 Å². The number of hydrogen-bond donors (Lipinski definition) is 3. The fourth-order valence-electron chi connectivity index (χ4n) is 3.61. The minimum atomic E-state index is -1.27. The molecule has 1 aromatic heterocycles. The highest BCUT2D eigenvalue weighted by atomic mass is 16.7. The molecular weight excluding hydrogens is 392 g/mol. The number of fused-ring (bicyclic) bond motifs is 1. The molecule has 2 aliphatic heterocycles. The first-order valence-corrected chi connectivity index (χ1v) is 9.32. The maximum atomic E-state index is 12.7. The summed E-state index contributed by atoms with van der Waals surface area (Å²) >= 11 is 0. The monoisotopic (exact) mass is 412 g/mol. The summed E-state index contributed by atoms with van der Waals surface area (Å²) in [6.45, 7) is 1.86. The van der Waals surface area contributed by atoms with Crippen LogP contribution in [-0.4, -0.2) is 45.7 Å². The number of nitrogens with two attached hydrogens (primary N) is 1. The van der Waals surface area contributed by atoms with Crippen molar-refractivity contribution in [3.63, 3.8) is 0 Å². The molecule has 0 saturated carbocycles. The number of carboxylic acid groups (broad SMARTS) is 1. The van der Waals surface area contributed by atoms with Crippen LogP contribution in [0.5, 0.6) is 11.5 Å². The van der Waals surface area contributed by atoms with Crippen LogP contribution in [0.3, 0.4) is 0 Å². The number of anilines is 1. The van der Waals surface area contributed by atoms with Gasteiger partial charge < -0.3 is 25.6 Å². The lowest BCUT2D eigenvalue weighted by atomic mass is 9.83. The molecule has 1 fully saturated rings. The summed E-state index contributed by atoms with van der Waals surface area (Å²) in [5, 5.41) is 12.2. The van der Waals surface area contributed by atoms with Crippen LogP contribution in [0.25, 0.3) is 0 Å². The predicted octanol–water partition coefficient (Wildman–Crippen LogP) is 1.32. The first-order valence-electron chi connectivity index (χ1n) is 9.32. The van der Waals surface area contributed by atoms with Crippen LogP contribution < -0.4 is 20.5 Å². The first kappa shape index (κ1) is 19.5. The molecule has 4 N–H and O–H groups in total. The SMILES string of the molecule is C[C@@H](NC(=O)N1C(=O)[C@H](Cc2cccc(N)n2)[C@H]1C(=O)O)c1ccc2c(c1)OCO2. The number of rotatable bonds is 5. The second-order valence-corrected chi connectivity index (χ2v) is 7.14. The van der Waals surface area contributed by atoms with Crippen LogP contribution >= 0.6 is 0 Å². The molecule has 0 bridgehead atoms. The van der Waals surface area contributed by atoms with Gasteiger partial charge in [0.05, 0.1) is 12.0 Å². The van der Waals surface area contributed by atoms with Crippen molar-refractivity contribution in [2.75, 3.05) is 12.5 Å². The minimum absolute atomic E-state index is 0.0856. The number of benzene rings is 1. The number of carboxylic acids is 1. The number of nitrogens with zero attached hydrogens (tertiary/aromatic N) is 2. The molecule has 1 aromatic carbocycles. The number of ether oxygens (including phenoxy) is 2. The molecule has 4 rings (SSSR count). The number of aliphatic carboxylic acids is 1. The van der Waals surface area contributed by atoms with Gasteiger partial charge >= 0.3 is 12.0 Å². The van der Waals surface area contributed by atoms with Crippen molar-refractivity contribution in [3.05, 3.63) is 47.7 Å². The Kier molecular flexibility index (Phi) is 4.90. The molecule has 3 atom stereocenters. The highest BCUT2D eigenvalue weighted by Crippen LogP contribution is 2.35. The number of β-lactam (4-membered cyclic amide) rings is 1. The molecule has 30 heavy (non-hydrogen) atoms. The van der Waals surface area contributed by atoms with Crippen LogP contribution in [0.2, 0.25) is 0 Å². The van der Waals surface area contributed by atoms with E-state index in [-0.39, 0.29) is 19.0 Å². The molecule has 2 aromatic rings. The normalized spacial score (nSPS) is 20.4. The number of imide groups is 1. The minimum Gasteiger partial charge on any atom is -0.480 e. The third kappa shape index (κ3) is 3.47. The van der Waals surface area contributed by atoms with Gasteiger partial charge in [-0.25, -0.2) is 19.5 Å². The number of hydrogen-bond acceptors (Lipinski definition) is 7. The summed E-state index contributed by atoms with van der Waals surface area (Å²) in [6, 6.07) is 7.62. The Balaban J connectivity index is 1.45. The first-order chi connectivity index (χ1) is 14.3. The van der Waals surface area contributed by atoms with Crippen molar-refractivity contribution < 1.29 is 29.0 Å². The topological polar surface area (TPSA) is 144 Å². The lowest BCUT2D eigenvalue weighted by molar-refractivity contribution is -0.165. The summed E-state index contributed by atoms with van der Waals surface area (Å²) in [4.78, 5) is 41.8. The number of nitrogen functional groups attached to an aromatic ring is 1. The van der Waals surface area contributed by atoms with Crippen LogP contribution in [0.4, 0.5) is 10.6 Å². The highest BCUT2D eigenvalue weighted by Gasteiger charge is 2.55. The number of likely N-dealkylation sites (tertiary alicyclic amines) is 1. The van der Waals surface area contributed by atoms with Gasteiger partial charge in [0, 0.05) is 12.1 Å². The van der Waals surface area contributed by atoms with Crippen LogP contribution in [0.1, 0.15) is 24.2 Å². The average Bonchev–Trinajstić information content (AvgIpc) is 3.17. The summed E-state index contributed by atoms with van der Waals surface area (Å²) < 4.78 is 10.6. The third-order valence-electron chi connectivity index (χ3n) is 5.18. The standard InChI is InChI=1S/C20H20N4O6/c1-10(11-5-6-14-15(7-11)30-9-29-14)22-20(28)24-17(19(26)27)13(18(24)25)8-12-3-2-4-16(21)23-12/h2-7,10,13,17H,8-9H2,1H3,(H2,21,23)(H,22,28)(H,26,27)/t10-,13-,17+/m1/s1. The van der Waals surface area contributed by atoms with E-state index in [1.165, 1.54) is 0 Å². The van der Waals surface area contributed by atoms with Gasteiger partial charge in [-0.15, -0.1) is 0 Å². The van der Waals surface area contributed by atoms with Crippen LogP contribution in [-0.2, 0) is 16.0 Å². The molecule has 0 radical (unpaired) electrons. The Bertz CT molecular complexity index is 1030. The van der Waals surface area contributed by atoms with E-state index >= 15 is 0 Å². The maximum Gasteiger partial charge on any atom is 0.327 e. The number of nitrogens with one attached hydrogen (secondary N) is 1. The van der Waals surface area contributed by atoms with Crippen molar-refractivity contribution in [3.8, 4) is 11.5 Å². The number of urea groups is 1. The van der Waals surface area contributed by atoms with Crippen molar-refractivity contribution in [1.82, 2.24) is 15.2 Å². The average molecular weight is 412 g/mol. The summed E-state index contributed by atoms with van der Waals surface area (Å²) in [5.74, 6) is -1.26.